The first kappa shape index (κ1) is 17.2. The molecule has 2 aliphatic heterocycles. The molecule has 0 aromatic carbocycles. The van der Waals surface area contributed by atoms with Gasteiger partial charge in [-0.15, -0.1) is 0 Å². The van der Waals surface area contributed by atoms with Crippen LogP contribution in [0.5, 0.6) is 0 Å². The highest BCUT2D eigenvalue weighted by Crippen LogP contribution is 2.34. The number of rotatable bonds is 4. The number of ether oxygens (including phenoxy) is 1. The van der Waals surface area contributed by atoms with Crippen molar-refractivity contribution in [1.29, 1.82) is 0 Å². The summed E-state index contributed by atoms with van der Waals surface area (Å²) in [6, 6.07) is 3.63. The Hall–Kier alpha value is -2.25. The summed E-state index contributed by atoms with van der Waals surface area (Å²) < 4.78 is 11.4. The SMILES string of the molecule is Cc1noc(C)c1CN1CC[C@@H]2C[C@@H](C(=O)Nc3cccnc3)O[C@H]2C1. The summed E-state index contributed by atoms with van der Waals surface area (Å²) in [5.41, 5.74) is 2.81. The number of hydrogen-bond donors (Lipinski definition) is 1. The van der Waals surface area contributed by atoms with Gasteiger partial charge in [-0.3, -0.25) is 14.7 Å². The summed E-state index contributed by atoms with van der Waals surface area (Å²) in [6.45, 7) is 6.59. The molecule has 1 amide bonds. The lowest BCUT2D eigenvalue weighted by Crippen LogP contribution is -2.42. The highest BCUT2D eigenvalue weighted by atomic mass is 16.5. The normalized spacial score (nSPS) is 25.8. The topological polar surface area (TPSA) is 80.5 Å². The van der Waals surface area contributed by atoms with Crippen molar-refractivity contribution in [2.45, 2.75) is 45.4 Å². The molecule has 1 N–H and O–H groups in total. The minimum absolute atomic E-state index is 0.0790. The zero-order valence-electron chi connectivity index (χ0n) is 15.1. The van der Waals surface area contributed by atoms with E-state index < -0.39 is 0 Å². The molecule has 0 aliphatic carbocycles. The van der Waals surface area contributed by atoms with Crippen LogP contribution in [0.25, 0.3) is 0 Å². The number of carbonyl (C=O) groups is 1. The monoisotopic (exact) mass is 356 g/mol. The first-order valence-electron chi connectivity index (χ1n) is 9.10. The first-order valence-corrected chi connectivity index (χ1v) is 9.10. The number of piperidine rings is 1. The molecule has 26 heavy (non-hydrogen) atoms. The van der Waals surface area contributed by atoms with Gasteiger partial charge in [-0.2, -0.15) is 0 Å². The van der Waals surface area contributed by atoms with Crippen LogP contribution in [0, 0.1) is 19.8 Å². The van der Waals surface area contributed by atoms with Crippen LogP contribution in [-0.2, 0) is 16.1 Å². The van der Waals surface area contributed by atoms with E-state index in [9.17, 15) is 4.79 Å². The van der Waals surface area contributed by atoms with Crippen molar-refractivity contribution >= 4 is 11.6 Å². The largest absolute Gasteiger partial charge is 0.364 e. The van der Waals surface area contributed by atoms with E-state index in [1.807, 2.05) is 19.9 Å². The second-order valence-corrected chi connectivity index (χ2v) is 7.22. The number of carbonyl (C=O) groups excluding carboxylic acids is 1. The van der Waals surface area contributed by atoms with E-state index in [2.05, 4.69) is 20.4 Å². The van der Waals surface area contributed by atoms with Gasteiger partial charge in [0.2, 0.25) is 0 Å². The van der Waals surface area contributed by atoms with Gasteiger partial charge in [0, 0.05) is 24.8 Å². The van der Waals surface area contributed by atoms with Crippen LogP contribution in [0.2, 0.25) is 0 Å². The molecule has 0 spiro atoms. The molecule has 2 aliphatic rings. The summed E-state index contributed by atoms with van der Waals surface area (Å²) in [4.78, 5) is 18.9. The number of amides is 1. The molecule has 4 heterocycles. The highest BCUT2D eigenvalue weighted by molar-refractivity contribution is 5.94. The van der Waals surface area contributed by atoms with Gasteiger partial charge >= 0.3 is 0 Å². The molecule has 0 unspecified atom stereocenters. The number of fused-ring (bicyclic) bond motifs is 1. The van der Waals surface area contributed by atoms with Crippen molar-refractivity contribution in [3.8, 4) is 0 Å². The zero-order chi connectivity index (χ0) is 18.1. The fourth-order valence-electron chi connectivity index (χ4n) is 3.92. The molecule has 138 valence electrons. The minimum Gasteiger partial charge on any atom is -0.364 e. The summed E-state index contributed by atoms with van der Waals surface area (Å²) in [6.07, 6.45) is 4.88. The molecule has 2 fully saturated rings. The maximum atomic E-state index is 12.5. The molecular weight excluding hydrogens is 332 g/mol. The van der Waals surface area contributed by atoms with E-state index in [0.717, 1.165) is 49.5 Å². The molecule has 3 atom stereocenters. The Balaban J connectivity index is 1.35. The number of likely N-dealkylation sites (tertiary alicyclic amines) is 1. The Morgan fingerprint density at radius 2 is 2.31 bits per heavy atom. The van der Waals surface area contributed by atoms with Crippen molar-refractivity contribution < 1.29 is 14.1 Å². The lowest BCUT2D eigenvalue weighted by molar-refractivity contribution is -0.127. The summed E-state index contributed by atoms with van der Waals surface area (Å²) >= 11 is 0. The Morgan fingerprint density at radius 3 is 3.04 bits per heavy atom. The zero-order valence-corrected chi connectivity index (χ0v) is 15.1. The van der Waals surface area contributed by atoms with Crippen molar-refractivity contribution in [2.24, 2.45) is 5.92 Å². The Kier molecular flexibility index (Phi) is 4.74. The van der Waals surface area contributed by atoms with E-state index >= 15 is 0 Å². The van der Waals surface area contributed by atoms with Crippen molar-refractivity contribution in [3.63, 3.8) is 0 Å². The number of pyridine rings is 1. The van der Waals surface area contributed by atoms with Crippen LogP contribution in [0.15, 0.2) is 29.0 Å². The van der Waals surface area contributed by atoms with Gasteiger partial charge in [-0.25, -0.2) is 0 Å². The second kappa shape index (κ2) is 7.17. The lowest BCUT2D eigenvalue weighted by atomic mass is 9.91. The van der Waals surface area contributed by atoms with Crippen LogP contribution in [0.4, 0.5) is 5.69 Å². The van der Waals surface area contributed by atoms with Crippen LogP contribution >= 0.6 is 0 Å². The van der Waals surface area contributed by atoms with Gasteiger partial charge in [0.15, 0.2) is 0 Å². The third kappa shape index (κ3) is 3.50. The Labute approximate surface area is 152 Å². The fraction of sp³-hybridized carbons (Fsp3) is 0.526. The van der Waals surface area contributed by atoms with Crippen molar-refractivity contribution in [1.82, 2.24) is 15.0 Å². The number of aromatic nitrogens is 2. The van der Waals surface area contributed by atoms with Crippen LogP contribution in [0.3, 0.4) is 0 Å². The van der Waals surface area contributed by atoms with Gasteiger partial charge in [0.1, 0.15) is 11.9 Å². The Morgan fingerprint density at radius 1 is 1.42 bits per heavy atom. The molecule has 4 rings (SSSR count). The highest BCUT2D eigenvalue weighted by Gasteiger charge is 2.42. The average molecular weight is 356 g/mol. The molecule has 0 bridgehead atoms. The molecule has 0 radical (unpaired) electrons. The number of anilines is 1. The molecule has 7 nitrogen and oxygen atoms in total. The van der Waals surface area contributed by atoms with Gasteiger partial charge in [-0.1, -0.05) is 5.16 Å². The Bertz CT molecular complexity index is 757. The third-order valence-electron chi connectivity index (χ3n) is 5.42. The van der Waals surface area contributed by atoms with E-state index in [4.69, 9.17) is 9.26 Å². The van der Waals surface area contributed by atoms with Gasteiger partial charge in [-0.05, 0) is 51.3 Å². The molecular formula is C19H24N4O3. The van der Waals surface area contributed by atoms with E-state index in [1.54, 1.807) is 18.5 Å². The molecule has 2 aromatic rings. The van der Waals surface area contributed by atoms with E-state index in [1.165, 1.54) is 0 Å². The van der Waals surface area contributed by atoms with Gasteiger partial charge < -0.3 is 14.6 Å². The van der Waals surface area contributed by atoms with Crippen molar-refractivity contribution in [3.05, 3.63) is 41.5 Å². The van der Waals surface area contributed by atoms with E-state index in [0.29, 0.717) is 11.6 Å². The quantitative estimate of drug-likeness (QED) is 0.905. The van der Waals surface area contributed by atoms with E-state index in [-0.39, 0.29) is 18.1 Å². The third-order valence-corrected chi connectivity index (χ3v) is 5.42. The van der Waals surface area contributed by atoms with Crippen LogP contribution in [-0.4, -0.2) is 46.2 Å². The minimum atomic E-state index is -0.385. The summed E-state index contributed by atoms with van der Waals surface area (Å²) in [5.74, 6) is 1.25. The number of nitrogens with one attached hydrogen (secondary N) is 1. The predicted octanol–water partition coefficient (Wildman–Crippen LogP) is 2.30. The number of nitrogens with zero attached hydrogens (tertiary/aromatic N) is 3. The van der Waals surface area contributed by atoms with Crippen LogP contribution < -0.4 is 5.32 Å². The molecule has 2 saturated heterocycles. The van der Waals surface area contributed by atoms with Crippen LogP contribution in [0.1, 0.15) is 29.9 Å². The molecule has 0 saturated carbocycles. The maximum absolute atomic E-state index is 12.5. The first-order chi connectivity index (χ1) is 12.6. The van der Waals surface area contributed by atoms with Gasteiger partial charge in [0.25, 0.3) is 5.91 Å². The lowest BCUT2D eigenvalue weighted by Gasteiger charge is -2.33. The summed E-state index contributed by atoms with van der Waals surface area (Å²) in [7, 11) is 0. The standard InChI is InChI=1S/C19H24N4O3/c1-12-16(13(2)26-22-12)10-23-7-5-14-8-17(25-18(14)11-23)19(24)21-15-4-3-6-20-9-15/h3-4,6,9,14,17-18H,5,7-8,10-11H2,1-2H3,(H,21,24)/t14-,17+,18+/m1/s1. The fourth-order valence-corrected chi connectivity index (χ4v) is 3.92. The smallest absolute Gasteiger partial charge is 0.253 e. The average Bonchev–Trinajstić information content (AvgIpc) is 3.21. The summed E-state index contributed by atoms with van der Waals surface area (Å²) in [5, 5.41) is 6.93. The number of aryl methyl sites for hydroxylation is 2. The molecule has 7 heteroatoms. The maximum Gasteiger partial charge on any atom is 0.253 e. The van der Waals surface area contributed by atoms with Crippen molar-refractivity contribution in [2.75, 3.05) is 18.4 Å². The van der Waals surface area contributed by atoms with Gasteiger partial charge in [0.05, 0.1) is 23.7 Å². The molecule has 2 aromatic heterocycles. The predicted molar refractivity (Wildman–Crippen MR) is 95.5 cm³/mol. The number of hydrogen-bond acceptors (Lipinski definition) is 6. The second-order valence-electron chi connectivity index (χ2n) is 7.22.